The second kappa shape index (κ2) is 2.83. The Morgan fingerprint density at radius 1 is 1.85 bits per heavy atom. The van der Waals surface area contributed by atoms with E-state index in [1.165, 1.54) is 6.26 Å². The molecule has 1 aliphatic rings. The fourth-order valence-corrected chi connectivity index (χ4v) is 1.34. The lowest BCUT2D eigenvalue weighted by atomic mass is 10.3. The van der Waals surface area contributed by atoms with Crippen molar-refractivity contribution in [1.29, 1.82) is 0 Å². The molecule has 0 fully saturated rings. The lowest BCUT2D eigenvalue weighted by Crippen LogP contribution is -2.25. The normalized spacial score (nSPS) is 17.5. The molecule has 1 aliphatic heterocycles. The van der Waals surface area contributed by atoms with Gasteiger partial charge in [0.25, 0.3) is 0 Å². The van der Waals surface area contributed by atoms with Crippen molar-refractivity contribution in [1.82, 2.24) is 10.1 Å². The number of hydrogen-bond donors (Lipinski definition) is 1. The predicted octanol–water partition coefficient (Wildman–Crippen LogP) is 0.259. The average molecular weight is 177 g/mol. The smallest absolute Gasteiger partial charge is 0.198 e. The Labute approximate surface area is 74.6 Å². The highest BCUT2D eigenvalue weighted by atomic mass is 16.5. The molecular weight excluding hydrogens is 170 g/mol. The molecule has 0 atom stereocenters. The van der Waals surface area contributed by atoms with Crippen molar-refractivity contribution < 1.29 is 9.73 Å². The van der Waals surface area contributed by atoms with E-state index < -0.39 is 0 Å². The number of fused-ring (bicyclic) bond motifs is 1. The van der Waals surface area contributed by atoms with Crippen LogP contribution in [0.25, 0.3) is 0 Å². The number of terminal acetylenes is 1. The maximum atomic E-state index is 8.72. The van der Waals surface area contributed by atoms with E-state index in [0.717, 1.165) is 5.56 Å². The van der Waals surface area contributed by atoms with Gasteiger partial charge >= 0.3 is 0 Å². The van der Waals surface area contributed by atoms with Crippen molar-refractivity contribution >= 4 is 5.84 Å². The number of aromatic nitrogens is 1. The maximum absolute atomic E-state index is 8.72. The van der Waals surface area contributed by atoms with E-state index in [4.69, 9.17) is 16.2 Å². The van der Waals surface area contributed by atoms with E-state index in [1.54, 1.807) is 4.90 Å². The fraction of sp³-hybridized carbons (Fsp3) is 0.250. The van der Waals surface area contributed by atoms with E-state index in [9.17, 15) is 0 Å². The third-order valence-corrected chi connectivity index (χ3v) is 1.89. The van der Waals surface area contributed by atoms with Crippen LogP contribution in [-0.2, 0) is 6.54 Å². The van der Waals surface area contributed by atoms with Gasteiger partial charge in [-0.25, -0.2) is 0 Å². The molecular formula is C8H7N3O2. The Balaban J connectivity index is 2.35. The molecule has 0 aromatic carbocycles. The highest BCUT2D eigenvalue weighted by molar-refractivity contribution is 6.00. The molecule has 5 heteroatoms. The minimum Gasteiger partial charge on any atom is -0.409 e. The summed E-state index contributed by atoms with van der Waals surface area (Å²) in [5.74, 6) is 2.85. The lowest BCUT2D eigenvalue weighted by molar-refractivity contribution is 0.304. The zero-order valence-corrected chi connectivity index (χ0v) is 6.77. The van der Waals surface area contributed by atoms with Crippen LogP contribution in [0.5, 0.6) is 0 Å². The molecule has 0 unspecified atom stereocenters. The van der Waals surface area contributed by atoms with Crippen molar-refractivity contribution in [2.24, 2.45) is 5.16 Å². The van der Waals surface area contributed by atoms with Gasteiger partial charge in [0.15, 0.2) is 11.5 Å². The van der Waals surface area contributed by atoms with Crippen molar-refractivity contribution in [2.75, 3.05) is 6.54 Å². The number of oxime groups is 1. The van der Waals surface area contributed by atoms with Crippen LogP contribution >= 0.6 is 0 Å². The van der Waals surface area contributed by atoms with Gasteiger partial charge in [-0.15, -0.1) is 6.42 Å². The maximum Gasteiger partial charge on any atom is 0.198 e. The summed E-state index contributed by atoms with van der Waals surface area (Å²) in [6, 6.07) is 0. The average Bonchev–Trinajstić information content (AvgIpc) is 2.64. The van der Waals surface area contributed by atoms with Crippen molar-refractivity contribution in [3.8, 4) is 12.3 Å². The molecule has 2 heterocycles. The fourth-order valence-electron chi connectivity index (χ4n) is 1.34. The van der Waals surface area contributed by atoms with Gasteiger partial charge in [-0.1, -0.05) is 16.2 Å². The number of rotatable bonds is 1. The topological polar surface area (TPSA) is 61.9 Å². The minimum atomic E-state index is 0.377. The molecule has 5 nitrogen and oxygen atoms in total. The van der Waals surface area contributed by atoms with Gasteiger partial charge in [0.2, 0.25) is 0 Å². The summed E-state index contributed by atoms with van der Waals surface area (Å²) in [5, 5.41) is 15.6. The van der Waals surface area contributed by atoms with E-state index in [-0.39, 0.29) is 0 Å². The van der Waals surface area contributed by atoms with E-state index in [2.05, 4.69) is 16.2 Å². The molecule has 0 saturated carbocycles. The van der Waals surface area contributed by atoms with E-state index in [1.807, 2.05) is 0 Å². The van der Waals surface area contributed by atoms with Gasteiger partial charge in [0.1, 0.15) is 6.26 Å². The highest BCUT2D eigenvalue weighted by Gasteiger charge is 2.29. The van der Waals surface area contributed by atoms with Gasteiger partial charge in [-0.3, -0.25) is 0 Å². The SMILES string of the molecule is C#CCN1Cc2conc2/C1=N\O. The van der Waals surface area contributed by atoms with Gasteiger partial charge in [-0.2, -0.15) is 0 Å². The first kappa shape index (κ1) is 7.68. The van der Waals surface area contributed by atoms with Gasteiger partial charge in [-0.05, 0) is 0 Å². The summed E-state index contributed by atoms with van der Waals surface area (Å²) in [7, 11) is 0. The summed E-state index contributed by atoms with van der Waals surface area (Å²) in [5.41, 5.74) is 1.46. The number of hydrogen-bond acceptors (Lipinski definition) is 4. The molecule has 0 amide bonds. The molecule has 13 heavy (non-hydrogen) atoms. The summed E-state index contributed by atoms with van der Waals surface area (Å²) in [4.78, 5) is 1.74. The first-order valence-electron chi connectivity index (χ1n) is 3.71. The van der Waals surface area contributed by atoms with Crippen LogP contribution in [0.1, 0.15) is 11.3 Å². The van der Waals surface area contributed by atoms with E-state index >= 15 is 0 Å². The summed E-state index contributed by atoms with van der Waals surface area (Å²) in [6.45, 7) is 0.984. The second-order valence-corrected chi connectivity index (χ2v) is 2.67. The second-order valence-electron chi connectivity index (χ2n) is 2.67. The molecule has 2 rings (SSSR count). The monoisotopic (exact) mass is 177 g/mol. The first-order chi connectivity index (χ1) is 6.36. The molecule has 0 saturated heterocycles. The Morgan fingerprint density at radius 3 is 3.38 bits per heavy atom. The molecule has 66 valence electrons. The highest BCUT2D eigenvalue weighted by Crippen LogP contribution is 2.20. The van der Waals surface area contributed by atoms with Crippen LogP contribution in [0, 0.1) is 12.3 Å². The number of amidine groups is 1. The Bertz CT molecular complexity index is 388. The minimum absolute atomic E-state index is 0.377. The zero-order valence-electron chi connectivity index (χ0n) is 6.77. The third-order valence-electron chi connectivity index (χ3n) is 1.89. The van der Waals surface area contributed by atoms with Crippen LogP contribution < -0.4 is 0 Å². The third kappa shape index (κ3) is 1.04. The first-order valence-corrected chi connectivity index (χ1v) is 3.71. The molecule has 0 spiro atoms. The van der Waals surface area contributed by atoms with Crippen molar-refractivity contribution in [3.05, 3.63) is 17.5 Å². The van der Waals surface area contributed by atoms with E-state index in [0.29, 0.717) is 24.6 Å². The van der Waals surface area contributed by atoms with Crippen molar-refractivity contribution in [3.63, 3.8) is 0 Å². The summed E-state index contributed by atoms with van der Waals surface area (Å²) in [6.07, 6.45) is 6.68. The quantitative estimate of drug-likeness (QED) is 0.379. The Hall–Kier alpha value is -1.96. The molecule has 0 radical (unpaired) electrons. The van der Waals surface area contributed by atoms with Crippen LogP contribution in [0.4, 0.5) is 0 Å². The lowest BCUT2D eigenvalue weighted by Gasteiger charge is -2.12. The van der Waals surface area contributed by atoms with Crippen molar-refractivity contribution in [2.45, 2.75) is 6.54 Å². The molecule has 0 aliphatic carbocycles. The Kier molecular flexibility index (Phi) is 1.67. The van der Waals surface area contributed by atoms with Gasteiger partial charge < -0.3 is 14.6 Å². The molecule has 1 aromatic rings. The number of nitrogens with zero attached hydrogens (tertiary/aromatic N) is 3. The standard InChI is InChI=1S/C8H7N3O2/c1-2-3-11-4-6-5-13-10-7(6)8(11)9-12/h1,5,12H,3-4H2/b9-8+. The summed E-state index contributed by atoms with van der Waals surface area (Å²) < 4.78 is 4.73. The Morgan fingerprint density at radius 2 is 2.69 bits per heavy atom. The predicted molar refractivity (Wildman–Crippen MR) is 44.1 cm³/mol. The summed E-state index contributed by atoms with van der Waals surface area (Å²) >= 11 is 0. The van der Waals surface area contributed by atoms with Crippen LogP contribution in [0.2, 0.25) is 0 Å². The zero-order chi connectivity index (χ0) is 9.26. The van der Waals surface area contributed by atoms with Gasteiger partial charge in [0, 0.05) is 5.56 Å². The molecule has 1 N–H and O–H groups in total. The van der Waals surface area contributed by atoms with Crippen LogP contribution in [0.3, 0.4) is 0 Å². The molecule has 1 aromatic heterocycles. The van der Waals surface area contributed by atoms with Crippen LogP contribution in [-0.4, -0.2) is 27.6 Å². The van der Waals surface area contributed by atoms with Crippen LogP contribution in [0.15, 0.2) is 15.9 Å². The largest absolute Gasteiger partial charge is 0.409 e. The van der Waals surface area contributed by atoms with Gasteiger partial charge in [0.05, 0.1) is 13.1 Å². The molecule has 0 bridgehead atoms.